The second kappa shape index (κ2) is 6.20. The van der Waals surface area contributed by atoms with Crippen LogP contribution < -0.4 is 5.32 Å². The highest BCUT2D eigenvalue weighted by atomic mass is 35.5. The van der Waals surface area contributed by atoms with Gasteiger partial charge in [-0.2, -0.15) is 0 Å². The molecular weight excluding hydrogens is 250 g/mol. The highest BCUT2D eigenvalue weighted by molar-refractivity contribution is 7.09. The van der Waals surface area contributed by atoms with E-state index in [1.165, 1.54) is 10.4 Å². The van der Waals surface area contributed by atoms with Crippen LogP contribution in [0, 0.1) is 0 Å². The third kappa shape index (κ3) is 3.32. The smallest absolute Gasteiger partial charge is 0.0453 e. The monoisotopic (exact) mass is 265 g/mol. The summed E-state index contributed by atoms with van der Waals surface area (Å²) < 4.78 is 0. The largest absolute Gasteiger partial charge is 0.310 e. The van der Waals surface area contributed by atoms with E-state index >= 15 is 0 Å². The number of hydrogen-bond donors (Lipinski definition) is 1. The van der Waals surface area contributed by atoms with Gasteiger partial charge in [0.15, 0.2) is 0 Å². The first kappa shape index (κ1) is 12.6. The summed E-state index contributed by atoms with van der Waals surface area (Å²) in [5.74, 6) is 0. The lowest BCUT2D eigenvalue weighted by molar-refractivity contribution is 0.553. The predicted molar refractivity (Wildman–Crippen MR) is 75.9 cm³/mol. The van der Waals surface area contributed by atoms with E-state index < -0.39 is 0 Å². The van der Waals surface area contributed by atoms with E-state index in [0.29, 0.717) is 6.04 Å². The van der Waals surface area contributed by atoms with Crippen LogP contribution in [0.4, 0.5) is 0 Å². The standard InChI is InChI=1S/C14H16ClNS/c1-2-16-14(10-11-6-5-9-17-11)12-7-3-4-8-13(12)15/h3-9,14,16H,2,10H2,1H3. The van der Waals surface area contributed by atoms with E-state index in [4.69, 9.17) is 11.6 Å². The molecule has 1 heterocycles. The molecule has 1 aromatic heterocycles. The molecule has 0 aliphatic heterocycles. The van der Waals surface area contributed by atoms with Crippen molar-refractivity contribution in [2.45, 2.75) is 19.4 Å². The van der Waals surface area contributed by atoms with E-state index in [1.54, 1.807) is 11.3 Å². The predicted octanol–water partition coefficient (Wildman–Crippen LogP) is 4.29. The van der Waals surface area contributed by atoms with Gasteiger partial charge >= 0.3 is 0 Å². The molecule has 2 aromatic rings. The van der Waals surface area contributed by atoms with E-state index in [0.717, 1.165) is 18.0 Å². The summed E-state index contributed by atoms with van der Waals surface area (Å²) in [5, 5.41) is 6.46. The SMILES string of the molecule is CCNC(Cc1cccs1)c1ccccc1Cl. The lowest BCUT2D eigenvalue weighted by Crippen LogP contribution is -2.22. The Morgan fingerprint density at radius 2 is 2.06 bits per heavy atom. The molecular formula is C14H16ClNS. The van der Waals surface area contributed by atoms with Gasteiger partial charge in [0.2, 0.25) is 0 Å². The number of likely N-dealkylation sites (N-methyl/N-ethyl adjacent to an activating group) is 1. The zero-order chi connectivity index (χ0) is 12.1. The minimum atomic E-state index is 0.298. The fourth-order valence-electron chi connectivity index (χ4n) is 1.93. The molecule has 17 heavy (non-hydrogen) atoms. The van der Waals surface area contributed by atoms with Crippen molar-refractivity contribution in [1.82, 2.24) is 5.32 Å². The zero-order valence-corrected chi connectivity index (χ0v) is 11.4. The zero-order valence-electron chi connectivity index (χ0n) is 9.82. The number of benzene rings is 1. The van der Waals surface area contributed by atoms with Gasteiger partial charge in [0.25, 0.3) is 0 Å². The van der Waals surface area contributed by atoms with Crippen molar-refractivity contribution in [2.75, 3.05) is 6.54 Å². The van der Waals surface area contributed by atoms with E-state index in [1.807, 2.05) is 18.2 Å². The Morgan fingerprint density at radius 1 is 1.24 bits per heavy atom. The molecule has 0 saturated heterocycles. The minimum Gasteiger partial charge on any atom is -0.310 e. The third-order valence-corrected chi connectivity index (χ3v) is 3.96. The molecule has 90 valence electrons. The molecule has 0 spiro atoms. The normalized spacial score (nSPS) is 12.6. The first-order valence-electron chi connectivity index (χ1n) is 5.81. The summed E-state index contributed by atoms with van der Waals surface area (Å²) >= 11 is 8.05. The number of rotatable bonds is 5. The second-order valence-corrected chi connectivity index (χ2v) is 5.35. The van der Waals surface area contributed by atoms with Gasteiger partial charge in [0.05, 0.1) is 0 Å². The molecule has 0 bridgehead atoms. The Kier molecular flexibility index (Phi) is 4.60. The minimum absolute atomic E-state index is 0.298. The van der Waals surface area contributed by atoms with Crippen LogP contribution in [0.2, 0.25) is 5.02 Å². The fraction of sp³-hybridized carbons (Fsp3) is 0.286. The molecule has 1 aromatic carbocycles. The average Bonchev–Trinajstić information content (AvgIpc) is 2.82. The van der Waals surface area contributed by atoms with Gasteiger partial charge in [-0.15, -0.1) is 11.3 Å². The number of thiophene rings is 1. The van der Waals surface area contributed by atoms with Crippen LogP contribution >= 0.6 is 22.9 Å². The van der Waals surface area contributed by atoms with Gasteiger partial charge in [-0.25, -0.2) is 0 Å². The van der Waals surface area contributed by atoms with Crippen molar-refractivity contribution in [3.63, 3.8) is 0 Å². The van der Waals surface area contributed by atoms with Gasteiger partial charge in [0.1, 0.15) is 0 Å². The molecule has 1 N–H and O–H groups in total. The van der Waals surface area contributed by atoms with Gasteiger partial charge in [0, 0.05) is 22.4 Å². The summed E-state index contributed by atoms with van der Waals surface area (Å²) in [6.07, 6.45) is 0.995. The first-order valence-corrected chi connectivity index (χ1v) is 7.07. The van der Waals surface area contributed by atoms with Crippen molar-refractivity contribution in [2.24, 2.45) is 0 Å². The van der Waals surface area contributed by atoms with Gasteiger partial charge in [-0.3, -0.25) is 0 Å². The maximum atomic E-state index is 6.26. The first-order chi connectivity index (χ1) is 8.31. The molecule has 0 fully saturated rings. The summed E-state index contributed by atoms with van der Waals surface area (Å²) in [6.45, 7) is 3.07. The molecule has 0 aliphatic rings. The molecule has 3 heteroatoms. The van der Waals surface area contributed by atoms with E-state index in [-0.39, 0.29) is 0 Å². The molecule has 0 aliphatic carbocycles. The Labute approximate surface area is 111 Å². The van der Waals surface area contributed by atoms with Crippen molar-refractivity contribution in [3.8, 4) is 0 Å². The van der Waals surface area contributed by atoms with Gasteiger partial charge in [-0.1, -0.05) is 42.8 Å². The van der Waals surface area contributed by atoms with Crippen molar-refractivity contribution in [1.29, 1.82) is 0 Å². The van der Waals surface area contributed by atoms with Crippen LogP contribution in [-0.4, -0.2) is 6.54 Å². The maximum Gasteiger partial charge on any atom is 0.0453 e. The van der Waals surface area contributed by atoms with E-state index in [2.05, 4.69) is 35.8 Å². The molecule has 0 saturated carbocycles. The van der Waals surface area contributed by atoms with Gasteiger partial charge in [-0.05, 0) is 29.6 Å². The third-order valence-electron chi connectivity index (χ3n) is 2.72. The summed E-state index contributed by atoms with van der Waals surface area (Å²) in [7, 11) is 0. The molecule has 0 radical (unpaired) electrons. The van der Waals surface area contributed by atoms with Gasteiger partial charge < -0.3 is 5.32 Å². The lowest BCUT2D eigenvalue weighted by Gasteiger charge is -2.18. The number of halogens is 1. The van der Waals surface area contributed by atoms with Crippen LogP contribution in [0.1, 0.15) is 23.4 Å². The Hall–Kier alpha value is -0.830. The van der Waals surface area contributed by atoms with Crippen LogP contribution in [0.25, 0.3) is 0 Å². The maximum absolute atomic E-state index is 6.26. The van der Waals surface area contributed by atoms with Crippen molar-refractivity contribution in [3.05, 3.63) is 57.2 Å². The molecule has 1 unspecified atom stereocenters. The number of hydrogen-bond acceptors (Lipinski definition) is 2. The topological polar surface area (TPSA) is 12.0 Å². The van der Waals surface area contributed by atoms with Crippen LogP contribution in [-0.2, 0) is 6.42 Å². The van der Waals surface area contributed by atoms with Crippen LogP contribution in [0.5, 0.6) is 0 Å². The Balaban J connectivity index is 2.20. The molecule has 1 atom stereocenters. The highest BCUT2D eigenvalue weighted by Crippen LogP contribution is 2.26. The Bertz CT molecular complexity index is 453. The second-order valence-electron chi connectivity index (χ2n) is 3.92. The molecule has 2 rings (SSSR count). The molecule has 0 amide bonds. The Morgan fingerprint density at radius 3 is 2.71 bits per heavy atom. The van der Waals surface area contributed by atoms with E-state index in [9.17, 15) is 0 Å². The quantitative estimate of drug-likeness (QED) is 0.850. The highest BCUT2D eigenvalue weighted by Gasteiger charge is 2.14. The average molecular weight is 266 g/mol. The van der Waals surface area contributed by atoms with Crippen molar-refractivity contribution >= 4 is 22.9 Å². The van der Waals surface area contributed by atoms with Crippen LogP contribution in [0.15, 0.2) is 41.8 Å². The van der Waals surface area contributed by atoms with Crippen LogP contribution in [0.3, 0.4) is 0 Å². The number of nitrogens with one attached hydrogen (secondary N) is 1. The summed E-state index contributed by atoms with van der Waals surface area (Å²) in [6, 6.07) is 12.6. The van der Waals surface area contributed by atoms with Crippen molar-refractivity contribution < 1.29 is 0 Å². The molecule has 1 nitrogen and oxygen atoms in total. The summed E-state index contributed by atoms with van der Waals surface area (Å²) in [4.78, 5) is 1.39. The summed E-state index contributed by atoms with van der Waals surface area (Å²) in [5.41, 5.74) is 1.18. The fourth-order valence-corrected chi connectivity index (χ4v) is 2.95. The lowest BCUT2D eigenvalue weighted by atomic mass is 10.0.